The van der Waals surface area contributed by atoms with E-state index in [1.165, 1.54) is 5.56 Å². The minimum atomic E-state index is -0.417. The smallest absolute Gasteiger partial charge is 0.235 e. The summed E-state index contributed by atoms with van der Waals surface area (Å²) in [6, 6.07) is 5.90. The summed E-state index contributed by atoms with van der Waals surface area (Å²) in [6.45, 7) is 6.26. The number of nitrogens with zero attached hydrogens (tertiary/aromatic N) is 5. The van der Waals surface area contributed by atoms with Crippen LogP contribution in [0.3, 0.4) is 0 Å². The van der Waals surface area contributed by atoms with Crippen molar-refractivity contribution in [1.82, 2.24) is 19.5 Å². The first kappa shape index (κ1) is 18.8. The molecule has 8 heteroatoms. The quantitative estimate of drug-likeness (QED) is 0.739. The monoisotopic (exact) mass is 390 g/mol. The Morgan fingerprint density at radius 2 is 1.86 bits per heavy atom. The lowest BCUT2D eigenvalue weighted by Gasteiger charge is -2.18. The highest BCUT2D eigenvalue weighted by molar-refractivity contribution is 6.03. The van der Waals surface area contributed by atoms with E-state index < -0.39 is 5.92 Å². The van der Waals surface area contributed by atoms with Crippen molar-refractivity contribution in [3.8, 4) is 5.95 Å². The van der Waals surface area contributed by atoms with Gasteiger partial charge in [0.05, 0.1) is 24.0 Å². The number of hydrogen-bond acceptors (Lipinski definition) is 5. The summed E-state index contributed by atoms with van der Waals surface area (Å²) >= 11 is 0. The number of nitrogens with one attached hydrogen (secondary N) is 1. The Labute approximate surface area is 168 Å². The lowest BCUT2D eigenvalue weighted by Crippen LogP contribution is -2.28. The Bertz CT molecular complexity index is 1070. The zero-order valence-electron chi connectivity index (χ0n) is 16.6. The topological polar surface area (TPSA) is 93.0 Å². The first-order valence-electron chi connectivity index (χ1n) is 9.43. The number of hydrogen-bond donors (Lipinski definition) is 1. The average Bonchev–Trinajstić information content (AvgIpc) is 3.30. The van der Waals surface area contributed by atoms with Crippen LogP contribution in [0.1, 0.15) is 23.4 Å². The van der Waals surface area contributed by atoms with Gasteiger partial charge in [-0.2, -0.15) is 0 Å². The van der Waals surface area contributed by atoms with Gasteiger partial charge in [0.15, 0.2) is 0 Å². The Balaban J connectivity index is 1.43. The Hall–Kier alpha value is -3.55. The SMILES string of the molecule is Cc1ccc(N2CC(C(=O)Nc3cnc(-n4ccnc4C)nc3)CC2=O)cc1C. The molecule has 1 unspecified atom stereocenters. The van der Waals surface area contributed by atoms with Gasteiger partial charge in [-0.1, -0.05) is 6.07 Å². The molecule has 1 aromatic carbocycles. The Morgan fingerprint density at radius 3 is 2.52 bits per heavy atom. The van der Waals surface area contributed by atoms with Gasteiger partial charge in [0.1, 0.15) is 5.82 Å². The molecule has 148 valence electrons. The summed E-state index contributed by atoms with van der Waals surface area (Å²) < 4.78 is 1.75. The predicted octanol–water partition coefficient (Wildman–Crippen LogP) is 2.58. The van der Waals surface area contributed by atoms with E-state index in [1.54, 1.807) is 34.3 Å². The molecule has 1 fully saturated rings. The van der Waals surface area contributed by atoms with E-state index >= 15 is 0 Å². The molecule has 2 aromatic heterocycles. The van der Waals surface area contributed by atoms with Crippen LogP contribution in [0.25, 0.3) is 5.95 Å². The van der Waals surface area contributed by atoms with Gasteiger partial charge in [0, 0.05) is 31.0 Å². The molecule has 3 aromatic rings. The van der Waals surface area contributed by atoms with Crippen molar-refractivity contribution in [2.75, 3.05) is 16.8 Å². The van der Waals surface area contributed by atoms with Crippen LogP contribution in [0, 0.1) is 26.7 Å². The molecule has 0 spiro atoms. The van der Waals surface area contributed by atoms with Crippen molar-refractivity contribution in [3.63, 3.8) is 0 Å². The van der Waals surface area contributed by atoms with E-state index in [0.29, 0.717) is 18.2 Å². The molecule has 2 amide bonds. The maximum atomic E-state index is 12.7. The zero-order valence-corrected chi connectivity index (χ0v) is 16.6. The third-order valence-electron chi connectivity index (χ3n) is 5.24. The molecule has 0 radical (unpaired) electrons. The fraction of sp³-hybridized carbons (Fsp3) is 0.286. The zero-order chi connectivity index (χ0) is 20.5. The minimum absolute atomic E-state index is 0.0458. The fourth-order valence-electron chi connectivity index (χ4n) is 3.37. The van der Waals surface area contributed by atoms with Crippen LogP contribution in [-0.4, -0.2) is 37.9 Å². The van der Waals surface area contributed by atoms with Crippen LogP contribution in [0.15, 0.2) is 43.0 Å². The molecular formula is C21H22N6O2. The van der Waals surface area contributed by atoms with Crippen molar-refractivity contribution in [2.24, 2.45) is 5.92 Å². The van der Waals surface area contributed by atoms with Crippen LogP contribution < -0.4 is 10.2 Å². The molecule has 3 heterocycles. The Kier molecular flexibility index (Phi) is 4.84. The second-order valence-electron chi connectivity index (χ2n) is 7.28. The van der Waals surface area contributed by atoms with Crippen molar-refractivity contribution < 1.29 is 9.59 Å². The number of imidazole rings is 1. The summed E-state index contributed by atoms with van der Waals surface area (Å²) in [4.78, 5) is 39.5. The average molecular weight is 390 g/mol. The molecule has 1 N–H and O–H groups in total. The normalized spacial score (nSPS) is 16.3. The van der Waals surface area contributed by atoms with E-state index in [2.05, 4.69) is 20.3 Å². The van der Waals surface area contributed by atoms with Crippen molar-refractivity contribution in [3.05, 3.63) is 59.9 Å². The lowest BCUT2D eigenvalue weighted by atomic mass is 10.1. The van der Waals surface area contributed by atoms with Gasteiger partial charge in [-0.25, -0.2) is 15.0 Å². The van der Waals surface area contributed by atoms with E-state index in [1.807, 2.05) is 39.0 Å². The first-order valence-corrected chi connectivity index (χ1v) is 9.43. The fourth-order valence-corrected chi connectivity index (χ4v) is 3.37. The highest BCUT2D eigenvalue weighted by Crippen LogP contribution is 2.27. The maximum absolute atomic E-state index is 12.7. The van der Waals surface area contributed by atoms with Crippen LogP contribution in [-0.2, 0) is 9.59 Å². The number of carbonyl (C=O) groups excluding carboxylic acids is 2. The van der Waals surface area contributed by atoms with Crippen LogP contribution >= 0.6 is 0 Å². The number of aromatic nitrogens is 4. The molecular weight excluding hydrogens is 368 g/mol. The van der Waals surface area contributed by atoms with E-state index in [4.69, 9.17) is 0 Å². The lowest BCUT2D eigenvalue weighted by molar-refractivity contribution is -0.122. The summed E-state index contributed by atoms with van der Waals surface area (Å²) in [5.74, 6) is 0.586. The highest BCUT2D eigenvalue weighted by atomic mass is 16.2. The number of aryl methyl sites for hydroxylation is 3. The van der Waals surface area contributed by atoms with Gasteiger partial charge < -0.3 is 10.2 Å². The van der Waals surface area contributed by atoms with Gasteiger partial charge in [0.25, 0.3) is 0 Å². The summed E-state index contributed by atoms with van der Waals surface area (Å²) in [6.07, 6.45) is 6.74. The summed E-state index contributed by atoms with van der Waals surface area (Å²) in [5, 5.41) is 2.82. The van der Waals surface area contributed by atoms with Crippen LogP contribution in [0.5, 0.6) is 0 Å². The Morgan fingerprint density at radius 1 is 1.10 bits per heavy atom. The number of benzene rings is 1. The molecule has 8 nitrogen and oxygen atoms in total. The standard InChI is InChI=1S/C21H22N6O2/c1-13-4-5-18(8-14(13)2)27-12-16(9-19(27)28)20(29)25-17-10-23-21(24-11-17)26-7-6-22-15(26)3/h4-8,10-11,16H,9,12H2,1-3H3,(H,25,29). The third kappa shape index (κ3) is 3.73. The molecule has 1 aliphatic heterocycles. The molecule has 29 heavy (non-hydrogen) atoms. The second-order valence-corrected chi connectivity index (χ2v) is 7.28. The van der Waals surface area contributed by atoms with Crippen LogP contribution in [0.4, 0.5) is 11.4 Å². The molecule has 1 saturated heterocycles. The molecule has 4 rings (SSSR count). The summed E-state index contributed by atoms with van der Waals surface area (Å²) in [5.41, 5.74) is 3.61. The van der Waals surface area contributed by atoms with Gasteiger partial charge in [-0.15, -0.1) is 0 Å². The van der Waals surface area contributed by atoms with Gasteiger partial charge in [-0.3, -0.25) is 14.2 Å². The van der Waals surface area contributed by atoms with Crippen LogP contribution in [0.2, 0.25) is 0 Å². The predicted molar refractivity (Wildman–Crippen MR) is 109 cm³/mol. The number of carbonyl (C=O) groups is 2. The largest absolute Gasteiger partial charge is 0.323 e. The first-order chi connectivity index (χ1) is 13.9. The molecule has 1 atom stereocenters. The van der Waals surface area contributed by atoms with E-state index in [0.717, 1.165) is 17.1 Å². The number of amides is 2. The minimum Gasteiger partial charge on any atom is -0.323 e. The third-order valence-corrected chi connectivity index (χ3v) is 5.24. The molecule has 0 bridgehead atoms. The number of anilines is 2. The molecule has 1 aliphatic rings. The number of rotatable bonds is 4. The molecule has 0 saturated carbocycles. The van der Waals surface area contributed by atoms with Gasteiger partial charge in [-0.05, 0) is 44.0 Å². The van der Waals surface area contributed by atoms with Crippen molar-refractivity contribution >= 4 is 23.2 Å². The second kappa shape index (κ2) is 7.46. The summed E-state index contributed by atoms with van der Waals surface area (Å²) in [7, 11) is 0. The van der Waals surface area contributed by atoms with Crippen molar-refractivity contribution in [1.29, 1.82) is 0 Å². The van der Waals surface area contributed by atoms with E-state index in [9.17, 15) is 9.59 Å². The highest BCUT2D eigenvalue weighted by Gasteiger charge is 2.35. The molecule has 0 aliphatic carbocycles. The maximum Gasteiger partial charge on any atom is 0.235 e. The van der Waals surface area contributed by atoms with Crippen molar-refractivity contribution in [2.45, 2.75) is 27.2 Å². The van der Waals surface area contributed by atoms with E-state index in [-0.39, 0.29) is 18.2 Å². The van der Waals surface area contributed by atoms with Gasteiger partial charge in [0.2, 0.25) is 17.8 Å². The van der Waals surface area contributed by atoms with Gasteiger partial charge >= 0.3 is 0 Å².